The summed E-state index contributed by atoms with van der Waals surface area (Å²) < 4.78 is 94.4. The maximum atomic E-state index is 13.8. The number of rotatable bonds is 5. The molecule has 0 aliphatic carbocycles. The first-order valence-corrected chi connectivity index (χ1v) is 8.68. The molecule has 1 aromatic carbocycles. The monoisotopic (exact) mass is 449 g/mol. The van der Waals surface area contributed by atoms with Gasteiger partial charge in [-0.05, 0) is 19.9 Å². The smallest absolute Gasteiger partial charge is 0.307 e. The van der Waals surface area contributed by atoms with Gasteiger partial charge in [-0.1, -0.05) is 0 Å². The van der Waals surface area contributed by atoms with Crippen molar-refractivity contribution in [1.29, 1.82) is 0 Å². The average molecular weight is 449 g/mol. The SMILES string of the molecule is Cc1cc(C(F)(F)F)nn1C(C)C(=O)Nc1ccn(Cc2c(F)c(F)cc(F)c2F)n1. The molecule has 31 heavy (non-hydrogen) atoms. The van der Waals surface area contributed by atoms with Gasteiger partial charge in [0.15, 0.2) is 34.8 Å². The van der Waals surface area contributed by atoms with Crippen LogP contribution in [0.3, 0.4) is 0 Å². The summed E-state index contributed by atoms with van der Waals surface area (Å²) >= 11 is 0. The van der Waals surface area contributed by atoms with E-state index in [-0.39, 0.29) is 17.6 Å². The predicted octanol–water partition coefficient (Wildman–Crippen LogP) is 4.21. The highest BCUT2D eigenvalue weighted by atomic mass is 19.4. The largest absolute Gasteiger partial charge is 0.435 e. The van der Waals surface area contributed by atoms with Gasteiger partial charge in [0, 0.05) is 24.0 Å². The Morgan fingerprint density at radius 1 is 1.10 bits per heavy atom. The fourth-order valence-electron chi connectivity index (χ4n) is 2.80. The van der Waals surface area contributed by atoms with Crippen molar-refractivity contribution in [2.75, 3.05) is 5.32 Å². The number of hydrogen-bond acceptors (Lipinski definition) is 3. The van der Waals surface area contributed by atoms with Crippen LogP contribution in [0.1, 0.15) is 29.9 Å². The summed E-state index contributed by atoms with van der Waals surface area (Å²) in [6, 6.07) is 0.951. The van der Waals surface area contributed by atoms with Gasteiger partial charge in [-0.25, -0.2) is 17.6 Å². The maximum absolute atomic E-state index is 13.8. The van der Waals surface area contributed by atoms with Crippen molar-refractivity contribution in [3.63, 3.8) is 0 Å². The number of carbonyl (C=O) groups excluding carboxylic acids is 1. The molecule has 1 amide bonds. The Balaban J connectivity index is 1.75. The fourth-order valence-corrected chi connectivity index (χ4v) is 2.80. The lowest BCUT2D eigenvalue weighted by atomic mass is 10.2. The highest BCUT2D eigenvalue weighted by Crippen LogP contribution is 2.29. The van der Waals surface area contributed by atoms with Gasteiger partial charge in [-0.15, -0.1) is 0 Å². The van der Waals surface area contributed by atoms with Crippen molar-refractivity contribution in [1.82, 2.24) is 19.6 Å². The molecule has 0 aliphatic rings. The molecule has 2 heterocycles. The Kier molecular flexibility index (Phi) is 5.79. The van der Waals surface area contributed by atoms with Crippen molar-refractivity contribution >= 4 is 11.7 Å². The number of halogens is 7. The zero-order chi connectivity index (χ0) is 23.1. The van der Waals surface area contributed by atoms with Gasteiger partial charge in [0.2, 0.25) is 5.91 Å². The van der Waals surface area contributed by atoms with Gasteiger partial charge in [-0.2, -0.15) is 23.4 Å². The van der Waals surface area contributed by atoms with E-state index in [2.05, 4.69) is 15.5 Å². The molecule has 0 spiro atoms. The Bertz CT molecular complexity index is 1110. The number of aromatic nitrogens is 4. The van der Waals surface area contributed by atoms with E-state index in [1.54, 1.807) is 0 Å². The number of benzene rings is 1. The van der Waals surface area contributed by atoms with Crippen LogP contribution in [0.25, 0.3) is 0 Å². The maximum Gasteiger partial charge on any atom is 0.435 e. The number of nitrogens with zero attached hydrogens (tertiary/aromatic N) is 4. The first kappa shape index (κ1) is 22.3. The molecule has 1 unspecified atom stereocenters. The molecule has 3 aromatic rings. The molecule has 166 valence electrons. The van der Waals surface area contributed by atoms with E-state index < -0.39 is 59.2 Å². The Morgan fingerprint density at radius 2 is 1.71 bits per heavy atom. The van der Waals surface area contributed by atoms with Gasteiger partial charge < -0.3 is 5.32 Å². The summed E-state index contributed by atoms with van der Waals surface area (Å²) in [4.78, 5) is 12.4. The van der Waals surface area contributed by atoms with E-state index >= 15 is 0 Å². The number of nitrogens with one attached hydrogen (secondary N) is 1. The topological polar surface area (TPSA) is 64.7 Å². The van der Waals surface area contributed by atoms with Gasteiger partial charge in [-0.3, -0.25) is 14.2 Å². The summed E-state index contributed by atoms with van der Waals surface area (Å²) in [5.41, 5.74) is -1.96. The lowest BCUT2D eigenvalue weighted by Crippen LogP contribution is -2.26. The number of carbonyl (C=O) groups is 1. The average Bonchev–Trinajstić information content (AvgIpc) is 3.29. The predicted molar refractivity (Wildman–Crippen MR) is 92.9 cm³/mol. The van der Waals surface area contributed by atoms with Crippen molar-refractivity contribution in [2.24, 2.45) is 0 Å². The molecule has 13 heteroatoms. The molecule has 6 nitrogen and oxygen atoms in total. The summed E-state index contributed by atoms with van der Waals surface area (Å²) in [5, 5.41) is 9.54. The van der Waals surface area contributed by atoms with Crippen LogP contribution in [0, 0.1) is 30.2 Å². The van der Waals surface area contributed by atoms with E-state index in [0.29, 0.717) is 0 Å². The molecule has 0 radical (unpaired) electrons. The minimum Gasteiger partial charge on any atom is -0.307 e. The van der Waals surface area contributed by atoms with Gasteiger partial charge in [0.1, 0.15) is 6.04 Å². The number of aryl methyl sites for hydroxylation is 1. The summed E-state index contributed by atoms with van der Waals surface area (Å²) in [6.45, 7) is 1.99. The van der Waals surface area contributed by atoms with Crippen LogP contribution in [-0.2, 0) is 17.5 Å². The van der Waals surface area contributed by atoms with Crippen molar-refractivity contribution in [2.45, 2.75) is 32.6 Å². The van der Waals surface area contributed by atoms with Crippen molar-refractivity contribution < 1.29 is 35.5 Å². The van der Waals surface area contributed by atoms with Crippen LogP contribution in [0.2, 0.25) is 0 Å². The highest BCUT2D eigenvalue weighted by molar-refractivity contribution is 5.92. The van der Waals surface area contributed by atoms with E-state index in [4.69, 9.17) is 0 Å². The minimum atomic E-state index is -4.67. The quantitative estimate of drug-likeness (QED) is 0.469. The van der Waals surface area contributed by atoms with Crippen LogP contribution >= 0.6 is 0 Å². The third-order valence-corrected chi connectivity index (χ3v) is 4.37. The molecule has 0 fully saturated rings. The van der Waals surface area contributed by atoms with E-state index in [1.165, 1.54) is 26.1 Å². The van der Waals surface area contributed by atoms with Crippen LogP contribution in [0.15, 0.2) is 24.4 Å². The van der Waals surface area contributed by atoms with E-state index in [1.807, 2.05) is 0 Å². The number of alkyl halides is 3. The molecule has 1 N–H and O–H groups in total. The Morgan fingerprint density at radius 3 is 2.26 bits per heavy atom. The second-order valence-electron chi connectivity index (χ2n) is 6.62. The standard InChI is InChI=1S/C18H14F7N5O/c1-8-5-13(18(23,24)25)27-30(8)9(2)17(31)26-14-3-4-29(28-14)7-10-15(21)11(19)6-12(20)16(10)22/h3-6,9H,7H2,1-2H3,(H,26,28,31). The molecular weight excluding hydrogens is 435 g/mol. The van der Waals surface area contributed by atoms with Crippen LogP contribution in [-0.4, -0.2) is 25.5 Å². The van der Waals surface area contributed by atoms with E-state index in [9.17, 15) is 35.5 Å². The summed E-state index contributed by atoms with van der Waals surface area (Å²) in [5.74, 6) is -7.17. The Hall–Kier alpha value is -3.38. The van der Waals surface area contributed by atoms with Gasteiger partial charge in [0.25, 0.3) is 0 Å². The number of hydrogen-bond donors (Lipinski definition) is 1. The van der Waals surface area contributed by atoms with Crippen molar-refractivity contribution in [3.8, 4) is 0 Å². The third-order valence-electron chi connectivity index (χ3n) is 4.37. The molecule has 1 atom stereocenters. The van der Waals surface area contributed by atoms with Crippen LogP contribution < -0.4 is 5.32 Å². The number of anilines is 1. The minimum absolute atomic E-state index is 0.0752. The molecule has 0 bridgehead atoms. The first-order chi connectivity index (χ1) is 14.4. The van der Waals surface area contributed by atoms with Crippen LogP contribution in [0.4, 0.5) is 36.6 Å². The van der Waals surface area contributed by atoms with E-state index in [0.717, 1.165) is 15.4 Å². The lowest BCUT2D eigenvalue weighted by molar-refractivity contribution is -0.141. The fraction of sp³-hybridized carbons (Fsp3) is 0.278. The highest BCUT2D eigenvalue weighted by Gasteiger charge is 2.35. The molecule has 0 saturated carbocycles. The molecule has 2 aromatic heterocycles. The van der Waals surface area contributed by atoms with Crippen molar-refractivity contribution in [3.05, 3.63) is 64.6 Å². The molecule has 0 aliphatic heterocycles. The second-order valence-corrected chi connectivity index (χ2v) is 6.62. The molecule has 3 rings (SSSR count). The zero-order valence-electron chi connectivity index (χ0n) is 15.9. The van der Waals surface area contributed by atoms with Crippen LogP contribution in [0.5, 0.6) is 0 Å². The lowest BCUT2D eigenvalue weighted by Gasteiger charge is -2.13. The van der Waals surface area contributed by atoms with Gasteiger partial charge in [0.05, 0.1) is 12.1 Å². The summed E-state index contributed by atoms with van der Waals surface area (Å²) in [7, 11) is 0. The molecule has 0 saturated heterocycles. The third kappa shape index (κ3) is 4.54. The summed E-state index contributed by atoms with van der Waals surface area (Å²) in [6.07, 6.45) is -3.49. The Labute approximate surface area is 170 Å². The zero-order valence-corrected chi connectivity index (χ0v) is 15.9. The molecular formula is C18H14F7N5O. The number of amides is 1. The first-order valence-electron chi connectivity index (χ1n) is 8.68. The van der Waals surface area contributed by atoms with Gasteiger partial charge >= 0.3 is 6.18 Å². The normalized spacial score (nSPS) is 12.8. The second kappa shape index (κ2) is 8.04.